The van der Waals surface area contributed by atoms with E-state index >= 15 is 0 Å². The van der Waals surface area contributed by atoms with Crippen LogP contribution in [0.1, 0.15) is 54.3 Å². The fraction of sp³-hybridized carbons (Fsp3) is 0.381. The molecule has 2 aromatic heterocycles. The monoisotopic (exact) mass is 432 g/mol. The Labute approximate surface area is 176 Å². The van der Waals surface area contributed by atoms with E-state index in [1.807, 2.05) is 10.9 Å². The Morgan fingerprint density at radius 2 is 2.06 bits per heavy atom. The molecule has 8 nitrogen and oxygen atoms in total. The summed E-state index contributed by atoms with van der Waals surface area (Å²) < 4.78 is 33.1. The Kier molecular flexibility index (Phi) is 5.73. The van der Waals surface area contributed by atoms with Gasteiger partial charge in [-0.3, -0.25) is 9.48 Å². The average molecular weight is 432 g/mol. The molecule has 31 heavy (non-hydrogen) atoms. The van der Waals surface area contributed by atoms with Gasteiger partial charge >= 0.3 is 12.3 Å². The van der Waals surface area contributed by atoms with Gasteiger partial charge in [-0.25, -0.2) is 0 Å². The van der Waals surface area contributed by atoms with Gasteiger partial charge in [-0.05, 0) is 37.8 Å². The summed E-state index contributed by atoms with van der Waals surface area (Å²) in [5, 5.41) is 29.8. The zero-order valence-corrected chi connectivity index (χ0v) is 16.8. The molecule has 0 spiro atoms. The maximum atomic E-state index is 13.0. The molecular weight excluding hydrogens is 410 g/mol. The number of carbonyl (C=O) groups excluding carboxylic acids is 1. The number of benzene rings is 1. The number of ether oxygens (including phenoxy) is 1. The summed E-state index contributed by atoms with van der Waals surface area (Å²) in [7, 11) is 1.43. The number of hydrogen-bond donors (Lipinski definition) is 2. The third-order valence-electron chi connectivity index (χ3n) is 5.56. The van der Waals surface area contributed by atoms with Gasteiger partial charge in [0.25, 0.3) is 11.4 Å². The van der Waals surface area contributed by atoms with Crippen molar-refractivity contribution in [1.29, 1.82) is 0 Å². The number of alkyl halides is 2. The molecule has 10 heteroatoms. The molecule has 0 bridgehead atoms. The number of anilines is 1. The van der Waals surface area contributed by atoms with E-state index in [9.17, 15) is 23.9 Å². The van der Waals surface area contributed by atoms with Crippen LogP contribution in [0.4, 0.5) is 14.5 Å². The van der Waals surface area contributed by atoms with Crippen LogP contribution in [0.5, 0.6) is 5.75 Å². The number of carbonyl (C=O) groups is 1. The number of halogens is 2. The number of methoxy groups -OCH3 is 1. The molecule has 1 aliphatic carbocycles. The Morgan fingerprint density at radius 3 is 2.74 bits per heavy atom. The molecule has 0 unspecified atom stereocenters. The van der Waals surface area contributed by atoms with Crippen molar-refractivity contribution in [1.82, 2.24) is 9.78 Å². The van der Waals surface area contributed by atoms with Crippen LogP contribution < -0.4 is 14.8 Å². The number of nitrogens with zero attached hydrogens (tertiary/aromatic N) is 3. The van der Waals surface area contributed by atoms with Crippen LogP contribution in [-0.4, -0.2) is 34.0 Å². The number of fused-ring (bicyclic) bond motifs is 1. The Morgan fingerprint density at radius 1 is 1.32 bits per heavy atom. The third kappa shape index (κ3) is 4.15. The SMILES string of the molecule is COc1cc2nn(C3CCC(O)CC3)cc2cc1NC(=O)c1cccc(C(F)F)[n+]1[O-]. The molecular formula is C21H22F2N4O4. The highest BCUT2D eigenvalue weighted by Gasteiger charge is 2.26. The number of aliphatic hydroxyl groups is 1. The quantitative estimate of drug-likeness (QED) is 0.475. The fourth-order valence-corrected chi connectivity index (χ4v) is 3.88. The van der Waals surface area contributed by atoms with Crippen molar-refractivity contribution in [2.75, 3.05) is 12.4 Å². The molecule has 1 amide bonds. The van der Waals surface area contributed by atoms with Gasteiger partial charge in [0.15, 0.2) is 0 Å². The number of amides is 1. The van der Waals surface area contributed by atoms with Gasteiger partial charge in [0.1, 0.15) is 5.75 Å². The van der Waals surface area contributed by atoms with E-state index < -0.39 is 23.7 Å². The summed E-state index contributed by atoms with van der Waals surface area (Å²) in [6.07, 6.45) is 1.67. The van der Waals surface area contributed by atoms with Crippen molar-refractivity contribution in [3.8, 4) is 5.75 Å². The van der Waals surface area contributed by atoms with Crippen molar-refractivity contribution >= 4 is 22.5 Å². The normalized spacial score (nSPS) is 19.0. The number of nitrogens with one attached hydrogen (secondary N) is 1. The summed E-state index contributed by atoms with van der Waals surface area (Å²) in [5.74, 6) is -0.503. The van der Waals surface area contributed by atoms with Crippen LogP contribution >= 0.6 is 0 Å². The zero-order valence-electron chi connectivity index (χ0n) is 16.8. The standard InChI is InChI=1S/C21H22F2N4O4/c1-31-19-10-15-12(11-26(25-15)13-5-7-14(28)8-6-13)9-16(19)24-21(29)18-4-2-3-17(20(22)23)27(18)30/h2-4,9-11,13-14,20,28H,5-8H2,1H3,(H,24,29). The number of aliphatic hydroxyl groups excluding tert-OH is 1. The molecule has 1 aliphatic rings. The second-order valence-electron chi connectivity index (χ2n) is 7.57. The number of rotatable bonds is 5. The van der Waals surface area contributed by atoms with Gasteiger partial charge in [0.2, 0.25) is 0 Å². The Bertz CT molecular complexity index is 1110. The first-order valence-corrected chi connectivity index (χ1v) is 9.94. The molecule has 164 valence electrons. The van der Waals surface area contributed by atoms with E-state index in [2.05, 4.69) is 10.4 Å². The smallest absolute Gasteiger partial charge is 0.322 e. The molecule has 4 rings (SSSR count). The van der Waals surface area contributed by atoms with Crippen molar-refractivity contribution in [3.63, 3.8) is 0 Å². The molecule has 0 saturated heterocycles. The molecule has 0 aliphatic heterocycles. The molecule has 0 radical (unpaired) electrons. The number of hydrogen-bond acceptors (Lipinski definition) is 5. The van der Waals surface area contributed by atoms with Crippen molar-refractivity contribution in [3.05, 3.63) is 53.1 Å². The minimum Gasteiger partial charge on any atom is -0.618 e. The van der Waals surface area contributed by atoms with Crippen LogP contribution in [0.3, 0.4) is 0 Å². The molecule has 1 aromatic carbocycles. The van der Waals surface area contributed by atoms with Gasteiger partial charge in [0.05, 0.1) is 30.5 Å². The van der Waals surface area contributed by atoms with E-state index in [0.717, 1.165) is 37.1 Å². The minimum atomic E-state index is -3.00. The first kappa shape index (κ1) is 21.0. The molecule has 3 aromatic rings. The summed E-state index contributed by atoms with van der Waals surface area (Å²) in [6, 6.07) is 6.89. The molecule has 2 heterocycles. The minimum absolute atomic E-state index is 0.0689. The van der Waals surface area contributed by atoms with Gasteiger partial charge in [-0.1, -0.05) is 0 Å². The molecule has 2 N–H and O–H groups in total. The number of pyridine rings is 1. The van der Waals surface area contributed by atoms with Crippen molar-refractivity contribution < 1.29 is 28.1 Å². The Hall–Kier alpha value is -3.27. The predicted octanol–water partition coefficient (Wildman–Crippen LogP) is 3.34. The topological polar surface area (TPSA) is 103 Å². The van der Waals surface area contributed by atoms with Gasteiger partial charge in [-0.2, -0.15) is 18.6 Å². The maximum absolute atomic E-state index is 13.0. The maximum Gasteiger partial charge on any atom is 0.322 e. The largest absolute Gasteiger partial charge is 0.618 e. The van der Waals surface area contributed by atoms with Gasteiger partial charge in [0, 0.05) is 29.8 Å². The van der Waals surface area contributed by atoms with Crippen LogP contribution in [-0.2, 0) is 0 Å². The first-order chi connectivity index (χ1) is 14.9. The lowest BCUT2D eigenvalue weighted by Gasteiger charge is -2.25. The second-order valence-corrected chi connectivity index (χ2v) is 7.57. The summed E-state index contributed by atoms with van der Waals surface area (Å²) in [5.41, 5.74) is -0.286. The highest BCUT2D eigenvalue weighted by Crippen LogP contribution is 2.33. The fourth-order valence-electron chi connectivity index (χ4n) is 3.88. The summed E-state index contributed by atoms with van der Waals surface area (Å²) >= 11 is 0. The summed E-state index contributed by atoms with van der Waals surface area (Å²) in [6.45, 7) is 0. The van der Waals surface area contributed by atoms with Gasteiger partial charge < -0.3 is 20.4 Å². The van der Waals surface area contributed by atoms with E-state index in [0.29, 0.717) is 17.0 Å². The molecule has 1 saturated carbocycles. The highest BCUT2D eigenvalue weighted by atomic mass is 19.3. The van der Waals surface area contributed by atoms with Crippen LogP contribution in [0.25, 0.3) is 10.9 Å². The third-order valence-corrected chi connectivity index (χ3v) is 5.56. The molecule has 0 atom stereocenters. The van der Waals surface area contributed by atoms with Crippen LogP contribution in [0.15, 0.2) is 36.5 Å². The summed E-state index contributed by atoms with van der Waals surface area (Å²) in [4.78, 5) is 12.6. The number of aromatic nitrogens is 3. The van der Waals surface area contributed by atoms with Crippen molar-refractivity contribution in [2.24, 2.45) is 0 Å². The van der Waals surface area contributed by atoms with Crippen LogP contribution in [0, 0.1) is 5.21 Å². The highest BCUT2D eigenvalue weighted by molar-refractivity contribution is 6.04. The van der Waals surface area contributed by atoms with Gasteiger partial charge in [-0.15, -0.1) is 0 Å². The zero-order chi connectivity index (χ0) is 22.1. The second kappa shape index (κ2) is 8.46. The first-order valence-electron chi connectivity index (χ1n) is 9.94. The predicted molar refractivity (Wildman–Crippen MR) is 108 cm³/mol. The Balaban J connectivity index is 1.63. The van der Waals surface area contributed by atoms with E-state index in [4.69, 9.17) is 4.74 Å². The van der Waals surface area contributed by atoms with Crippen molar-refractivity contribution in [2.45, 2.75) is 44.3 Å². The van der Waals surface area contributed by atoms with Crippen LogP contribution in [0.2, 0.25) is 0 Å². The lowest BCUT2D eigenvalue weighted by Crippen LogP contribution is -2.40. The average Bonchev–Trinajstić information content (AvgIpc) is 3.16. The van der Waals surface area contributed by atoms with E-state index in [1.54, 1.807) is 12.1 Å². The van der Waals surface area contributed by atoms with E-state index in [1.165, 1.54) is 19.2 Å². The van der Waals surface area contributed by atoms with E-state index in [-0.39, 0.29) is 16.9 Å². The lowest BCUT2D eigenvalue weighted by molar-refractivity contribution is -0.621. The lowest BCUT2D eigenvalue weighted by atomic mass is 9.93. The molecule has 1 fully saturated rings.